The molecule has 1 aliphatic rings. The van der Waals surface area contributed by atoms with Crippen molar-refractivity contribution in [3.8, 4) is 0 Å². The zero-order chi connectivity index (χ0) is 10.6. The van der Waals surface area contributed by atoms with Crippen LogP contribution in [0.1, 0.15) is 40.0 Å². The minimum Gasteiger partial charge on any atom is -0.370 e. The van der Waals surface area contributed by atoms with Gasteiger partial charge in [0.25, 0.3) is 0 Å². The van der Waals surface area contributed by atoms with E-state index in [4.69, 9.17) is 5.73 Å². The highest BCUT2D eigenvalue weighted by atomic mass is 15.3. The fraction of sp³-hybridized carbons (Fsp3) is 0.909. The lowest BCUT2D eigenvalue weighted by Gasteiger charge is -2.24. The van der Waals surface area contributed by atoms with E-state index in [2.05, 4.69) is 30.7 Å². The first-order valence-corrected chi connectivity index (χ1v) is 5.71. The van der Waals surface area contributed by atoms with Gasteiger partial charge in [-0.3, -0.25) is 4.99 Å². The van der Waals surface area contributed by atoms with Crippen molar-refractivity contribution >= 4 is 5.96 Å². The molecule has 0 radical (unpaired) electrons. The van der Waals surface area contributed by atoms with Crippen LogP contribution in [0.15, 0.2) is 4.99 Å². The third-order valence-corrected chi connectivity index (χ3v) is 2.76. The predicted octanol–water partition coefficient (Wildman–Crippen LogP) is 1.83. The largest absolute Gasteiger partial charge is 0.370 e. The van der Waals surface area contributed by atoms with E-state index < -0.39 is 0 Å². The van der Waals surface area contributed by atoms with Crippen molar-refractivity contribution in [3.05, 3.63) is 0 Å². The first-order chi connectivity index (χ1) is 6.65. The molecule has 1 aliphatic heterocycles. The van der Waals surface area contributed by atoms with Crippen LogP contribution in [0.2, 0.25) is 0 Å². The molecule has 2 N–H and O–H groups in total. The maximum Gasteiger partial charge on any atom is 0.191 e. The third-order valence-electron chi connectivity index (χ3n) is 2.76. The molecule has 0 aliphatic carbocycles. The zero-order valence-corrected chi connectivity index (χ0v) is 9.66. The van der Waals surface area contributed by atoms with Crippen LogP contribution < -0.4 is 5.73 Å². The summed E-state index contributed by atoms with van der Waals surface area (Å²) in [5, 5.41) is 0. The van der Waals surface area contributed by atoms with Gasteiger partial charge >= 0.3 is 0 Å². The van der Waals surface area contributed by atoms with Crippen molar-refractivity contribution in [2.24, 2.45) is 16.6 Å². The Morgan fingerprint density at radius 3 is 2.86 bits per heavy atom. The number of hydrogen-bond acceptors (Lipinski definition) is 1. The normalized spacial score (nSPS) is 23.6. The van der Waals surface area contributed by atoms with Gasteiger partial charge in [0.05, 0.1) is 0 Å². The van der Waals surface area contributed by atoms with E-state index in [1.807, 2.05) is 0 Å². The molecule has 0 bridgehead atoms. The molecule has 14 heavy (non-hydrogen) atoms. The van der Waals surface area contributed by atoms with Crippen molar-refractivity contribution < 1.29 is 0 Å². The van der Waals surface area contributed by atoms with Gasteiger partial charge in [-0.25, -0.2) is 0 Å². The third kappa shape index (κ3) is 2.89. The van der Waals surface area contributed by atoms with E-state index >= 15 is 0 Å². The average molecular weight is 197 g/mol. The molecule has 1 rings (SSSR count). The van der Waals surface area contributed by atoms with E-state index in [9.17, 15) is 0 Å². The van der Waals surface area contributed by atoms with Crippen molar-refractivity contribution in [3.63, 3.8) is 0 Å². The van der Waals surface area contributed by atoms with Crippen LogP contribution in [0.5, 0.6) is 0 Å². The monoisotopic (exact) mass is 197 g/mol. The maximum absolute atomic E-state index is 5.97. The summed E-state index contributed by atoms with van der Waals surface area (Å²) in [7, 11) is 0. The lowest BCUT2D eigenvalue weighted by atomic mass is 10.2. The highest BCUT2D eigenvalue weighted by Crippen LogP contribution is 2.19. The van der Waals surface area contributed by atoms with Crippen molar-refractivity contribution in [2.45, 2.75) is 46.1 Å². The second-order valence-corrected chi connectivity index (χ2v) is 4.49. The molecule has 0 aromatic carbocycles. The van der Waals surface area contributed by atoms with Crippen molar-refractivity contribution in [1.29, 1.82) is 0 Å². The number of aliphatic imine (C=N–C) groups is 1. The lowest BCUT2D eigenvalue weighted by molar-refractivity contribution is 0.373. The molecule has 1 unspecified atom stereocenters. The number of likely N-dealkylation sites (tertiary alicyclic amines) is 1. The van der Waals surface area contributed by atoms with Crippen LogP contribution in [-0.4, -0.2) is 30.0 Å². The minimum absolute atomic E-state index is 0.594. The molecule has 82 valence electrons. The first kappa shape index (κ1) is 11.3. The molecule has 1 atom stereocenters. The summed E-state index contributed by atoms with van der Waals surface area (Å²) in [6.07, 6.45) is 3.71. The Morgan fingerprint density at radius 2 is 2.29 bits per heavy atom. The molecule has 0 spiro atoms. The fourth-order valence-electron chi connectivity index (χ4n) is 1.93. The summed E-state index contributed by atoms with van der Waals surface area (Å²) in [6, 6.07) is 0.630. The van der Waals surface area contributed by atoms with Gasteiger partial charge in [0, 0.05) is 19.1 Å². The van der Waals surface area contributed by atoms with E-state index in [-0.39, 0.29) is 0 Å². The summed E-state index contributed by atoms with van der Waals surface area (Å²) in [5.41, 5.74) is 5.97. The number of nitrogens with zero attached hydrogens (tertiary/aromatic N) is 2. The van der Waals surface area contributed by atoms with E-state index in [0.29, 0.717) is 12.0 Å². The Morgan fingerprint density at radius 1 is 1.57 bits per heavy atom. The molecule has 3 heteroatoms. The second kappa shape index (κ2) is 5.23. The molecule has 3 nitrogen and oxygen atoms in total. The fourth-order valence-corrected chi connectivity index (χ4v) is 1.93. The summed E-state index contributed by atoms with van der Waals surface area (Å²) < 4.78 is 0. The molecule has 0 aromatic heterocycles. The van der Waals surface area contributed by atoms with Gasteiger partial charge < -0.3 is 10.6 Å². The van der Waals surface area contributed by atoms with Crippen LogP contribution in [0.3, 0.4) is 0 Å². The van der Waals surface area contributed by atoms with Gasteiger partial charge in [-0.05, 0) is 25.2 Å². The zero-order valence-electron chi connectivity index (χ0n) is 9.66. The number of nitrogens with two attached hydrogens (primary N) is 1. The van der Waals surface area contributed by atoms with Crippen LogP contribution in [0.25, 0.3) is 0 Å². The van der Waals surface area contributed by atoms with Gasteiger partial charge in [0.15, 0.2) is 5.96 Å². The number of rotatable bonds is 3. The summed E-state index contributed by atoms with van der Waals surface area (Å²) in [4.78, 5) is 6.69. The van der Waals surface area contributed by atoms with E-state index in [1.54, 1.807) is 0 Å². The van der Waals surface area contributed by atoms with Gasteiger partial charge in [0.1, 0.15) is 0 Å². The van der Waals surface area contributed by atoms with Crippen LogP contribution in [0.4, 0.5) is 0 Å². The van der Waals surface area contributed by atoms with Gasteiger partial charge in [-0.1, -0.05) is 20.8 Å². The number of hydrogen-bond donors (Lipinski definition) is 1. The molecular weight excluding hydrogens is 174 g/mol. The second-order valence-electron chi connectivity index (χ2n) is 4.49. The average Bonchev–Trinajstić information content (AvgIpc) is 2.61. The minimum atomic E-state index is 0.594. The highest BCUT2D eigenvalue weighted by Gasteiger charge is 2.23. The van der Waals surface area contributed by atoms with Crippen LogP contribution in [-0.2, 0) is 0 Å². The van der Waals surface area contributed by atoms with Crippen molar-refractivity contribution in [1.82, 2.24) is 4.90 Å². The van der Waals surface area contributed by atoms with Crippen LogP contribution in [0, 0.1) is 5.92 Å². The van der Waals surface area contributed by atoms with Crippen molar-refractivity contribution in [2.75, 3.05) is 13.1 Å². The molecule has 0 saturated carbocycles. The standard InChI is InChI=1S/C11H23N3/c1-4-10-6-5-7-14(10)11(12)13-8-9(2)3/h9-10H,4-8H2,1-3H3,(H2,12,13). The molecule has 0 aromatic rings. The Hall–Kier alpha value is -0.730. The molecule has 0 amide bonds. The molecule has 1 fully saturated rings. The Balaban J connectivity index is 2.50. The Kier molecular flexibility index (Phi) is 4.23. The Bertz CT molecular complexity index is 199. The molecular formula is C11H23N3. The highest BCUT2D eigenvalue weighted by molar-refractivity contribution is 5.78. The van der Waals surface area contributed by atoms with E-state index in [0.717, 1.165) is 19.0 Å². The summed E-state index contributed by atoms with van der Waals surface area (Å²) in [6.45, 7) is 8.49. The molecule has 1 saturated heterocycles. The predicted molar refractivity (Wildman–Crippen MR) is 61.3 cm³/mol. The quantitative estimate of drug-likeness (QED) is 0.554. The van der Waals surface area contributed by atoms with Gasteiger partial charge in [-0.15, -0.1) is 0 Å². The van der Waals surface area contributed by atoms with Crippen LogP contribution >= 0.6 is 0 Å². The van der Waals surface area contributed by atoms with E-state index in [1.165, 1.54) is 19.3 Å². The summed E-state index contributed by atoms with van der Waals surface area (Å²) >= 11 is 0. The van der Waals surface area contributed by atoms with Gasteiger partial charge in [-0.2, -0.15) is 0 Å². The topological polar surface area (TPSA) is 41.6 Å². The smallest absolute Gasteiger partial charge is 0.191 e. The first-order valence-electron chi connectivity index (χ1n) is 5.71. The number of guanidine groups is 1. The summed E-state index contributed by atoms with van der Waals surface area (Å²) in [5.74, 6) is 1.35. The Labute approximate surface area is 87.4 Å². The van der Waals surface area contributed by atoms with Gasteiger partial charge in [0.2, 0.25) is 0 Å². The molecule has 1 heterocycles. The SMILES string of the molecule is CCC1CCCN1C(N)=NCC(C)C. The lowest BCUT2D eigenvalue weighted by Crippen LogP contribution is -2.40. The maximum atomic E-state index is 5.97.